The van der Waals surface area contributed by atoms with Gasteiger partial charge in [-0.05, 0) is 25.8 Å². The van der Waals surface area contributed by atoms with Crippen LogP contribution in [0, 0.1) is 6.92 Å². The predicted octanol–water partition coefficient (Wildman–Crippen LogP) is 2.72. The van der Waals surface area contributed by atoms with E-state index in [1.165, 1.54) is 28.7 Å². The number of aryl methyl sites for hydroxylation is 1. The van der Waals surface area contributed by atoms with Gasteiger partial charge in [0.2, 0.25) is 5.91 Å². The monoisotopic (exact) mass is 362 g/mol. The lowest BCUT2D eigenvalue weighted by Gasteiger charge is -2.18. The quantitative estimate of drug-likeness (QED) is 0.801. The van der Waals surface area contributed by atoms with Gasteiger partial charge in [0.25, 0.3) is 0 Å². The molecular weight excluding hydrogens is 340 g/mol. The number of hydrogen-bond donors (Lipinski definition) is 1. The van der Waals surface area contributed by atoms with Crippen LogP contribution in [0.4, 0.5) is 0 Å². The maximum absolute atomic E-state index is 12.4. The minimum absolute atomic E-state index is 0.0828. The zero-order valence-corrected chi connectivity index (χ0v) is 15.6. The van der Waals surface area contributed by atoms with Gasteiger partial charge in [-0.25, -0.2) is 0 Å². The second-order valence-electron chi connectivity index (χ2n) is 6.06. The molecule has 5 nitrogen and oxygen atoms in total. The summed E-state index contributed by atoms with van der Waals surface area (Å²) in [5, 5.41) is 12.0. The number of amides is 1. The molecule has 0 radical (unpaired) electrons. The van der Waals surface area contributed by atoms with Gasteiger partial charge in [0.05, 0.1) is 5.25 Å². The van der Waals surface area contributed by atoms with Crippen LogP contribution in [0.3, 0.4) is 0 Å². The molecule has 2 atom stereocenters. The summed E-state index contributed by atoms with van der Waals surface area (Å²) in [5.41, 5.74) is 1.32. The Morgan fingerprint density at radius 3 is 2.92 bits per heavy atom. The normalized spacial score (nSPS) is 19.3. The second kappa shape index (κ2) is 8.09. The van der Waals surface area contributed by atoms with Crippen LogP contribution in [0.15, 0.2) is 34.7 Å². The molecular formula is C17H22N4OS2. The molecule has 1 fully saturated rings. The van der Waals surface area contributed by atoms with Crippen LogP contribution in [0.2, 0.25) is 0 Å². The number of aromatic nitrogens is 2. The third-order valence-electron chi connectivity index (χ3n) is 4.02. The molecule has 1 amide bonds. The van der Waals surface area contributed by atoms with Crippen LogP contribution in [0.25, 0.3) is 0 Å². The van der Waals surface area contributed by atoms with Crippen molar-refractivity contribution in [2.45, 2.75) is 42.4 Å². The van der Waals surface area contributed by atoms with E-state index in [-0.39, 0.29) is 17.2 Å². The topological polar surface area (TPSA) is 58.1 Å². The van der Waals surface area contributed by atoms with Crippen molar-refractivity contribution in [1.29, 1.82) is 0 Å². The minimum Gasteiger partial charge on any atom is -0.351 e. The summed E-state index contributed by atoms with van der Waals surface area (Å²) in [6.07, 6.45) is 1.01. The van der Waals surface area contributed by atoms with Crippen molar-refractivity contribution in [3.05, 3.63) is 40.9 Å². The third-order valence-corrected chi connectivity index (χ3v) is 6.04. The first-order chi connectivity index (χ1) is 11.6. The highest BCUT2D eigenvalue weighted by atomic mass is 32.2. The van der Waals surface area contributed by atoms with E-state index in [9.17, 15) is 4.79 Å². The zero-order chi connectivity index (χ0) is 16.9. The Morgan fingerprint density at radius 2 is 2.21 bits per heavy atom. The first kappa shape index (κ1) is 17.4. The smallest absolute Gasteiger partial charge is 0.233 e. The van der Waals surface area contributed by atoms with Crippen molar-refractivity contribution in [2.24, 2.45) is 0 Å². The van der Waals surface area contributed by atoms with E-state index in [1.807, 2.05) is 19.9 Å². The maximum Gasteiger partial charge on any atom is 0.233 e. The molecule has 2 aromatic rings. The molecule has 3 rings (SSSR count). The lowest BCUT2D eigenvalue weighted by molar-refractivity contribution is -0.120. The summed E-state index contributed by atoms with van der Waals surface area (Å²) in [7, 11) is 0. The summed E-state index contributed by atoms with van der Waals surface area (Å²) in [5.74, 6) is 0.0828. The van der Waals surface area contributed by atoms with Crippen molar-refractivity contribution in [1.82, 2.24) is 20.4 Å². The van der Waals surface area contributed by atoms with E-state index in [4.69, 9.17) is 0 Å². The van der Waals surface area contributed by atoms with Gasteiger partial charge in [0, 0.05) is 25.7 Å². The van der Waals surface area contributed by atoms with Gasteiger partial charge in [-0.1, -0.05) is 53.4 Å². The van der Waals surface area contributed by atoms with Gasteiger partial charge >= 0.3 is 0 Å². The molecule has 1 aromatic carbocycles. The summed E-state index contributed by atoms with van der Waals surface area (Å²) >= 11 is 3.01. The zero-order valence-electron chi connectivity index (χ0n) is 13.9. The first-order valence-corrected chi connectivity index (χ1v) is 9.83. The first-order valence-electron chi connectivity index (χ1n) is 8.13. The van der Waals surface area contributed by atoms with E-state index in [2.05, 4.69) is 44.7 Å². The molecule has 0 spiro atoms. The standard InChI is InChI=1S/C17H22N4OS2/c1-12(23-17-20-19-13(2)24-17)16(22)18-15-8-9-21(11-15)10-14-6-4-3-5-7-14/h3-7,12,15H,8-11H2,1-2H3,(H,18,22). The average Bonchev–Trinajstić information content (AvgIpc) is 3.17. The number of thioether (sulfide) groups is 1. The number of likely N-dealkylation sites (tertiary alicyclic amines) is 1. The Bertz CT molecular complexity index is 676. The number of hydrogen-bond acceptors (Lipinski definition) is 6. The summed E-state index contributed by atoms with van der Waals surface area (Å²) < 4.78 is 0.854. The Labute approximate surface area is 150 Å². The van der Waals surface area contributed by atoms with Gasteiger partial charge in [-0.3, -0.25) is 9.69 Å². The fraction of sp³-hybridized carbons (Fsp3) is 0.471. The molecule has 7 heteroatoms. The van der Waals surface area contributed by atoms with Crippen LogP contribution in [0.1, 0.15) is 23.9 Å². The molecule has 24 heavy (non-hydrogen) atoms. The molecule has 1 aliphatic rings. The van der Waals surface area contributed by atoms with Crippen LogP contribution < -0.4 is 5.32 Å². The second-order valence-corrected chi connectivity index (χ2v) is 8.83. The lowest BCUT2D eigenvalue weighted by Crippen LogP contribution is -2.40. The number of nitrogens with one attached hydrogen (secondary N) is 1. The number of benzene rings is 1. The number of rotatable bonds is 6. The number of carbonyl (C=O) groups is 1. The molecule has 1 aliphatic heterocycles. The molecule has 1 N–H and O–H groups in total. The Hall–Kier alpha value is -1.44. The average molecular weight is 363 g/mol. The van der Waals surface area contributed by atoms with Crippen LogP contribution in [-0.2, 0) is 11.3 Å². The van der Waals surface area contributed by atoms with Crippen molar-refractivity contribution >= 4 is 29.0 Å². The van der Waals surface area contributed by atoms with Crippen LogP contribution in [-0.4, -0.2) is 45.4 Å². The van der Waals surface area contributed by atoms with Gasteiger partial charge in [-0.2, -0.15) is 0 Å². The van der Waals surface area contributed by atoms with Gasteiger partial charge in [-0.15, -0.1) is 10.2 Å². The number of nitrogens with zero attached hydrogens (tertiary/aromatic N) is 3. The van der Waals surface area contributed by atoms with Gasteiger partial charge in [0.15, 0.2) is 4.34 Å². The molecule has 1 aromatic heterocycles. The fourth-order valence-corrected chi connectivity index (χ4v) is 4.75. The highest BCUT2D eigenvalue weighted by Gasteiger charge is 2.26. The van der Waals surface area contributed by atoms with Crippen LogP contribution >= 0.6 is 23.1 Å². The Morgan fingerprint density at radius 1 is 1.42 bits per heavy atom. The van der Waals surface area contributed by atoms with Gasteiger partial charge < -0.3 is 5.32 Å². The molecule has 2 unspecified atom stereocenters. The molecule has 128 valence electrons. The van der Waals surface area contributed by atoms with Crippen molar-refractivity contribution in [3.8, 4) is 0 Å². The third kappa shape index (κ3) is 4.78. The number of carbonyl (C=O) groups excluding carboxylic acids is 1. The summed E-state index contributed by atoms with van der Waals surface area (Å²) in [6.45, 7) is 6.73. The Kier molecular flexibility index (Phi) is 5.86. The van der Waals surface area contributed by atoms with Crippen molar-refractivity contribution in [3.63, 3.8) is 0 Å². The Balaban J connectivity index is 1.45. The van der Waals surface area contributed by atoms with Gasteiger partial charge in [0.1, 0.15) is 5.01 Å². The van der Waals surface area contributed by atoms with Crippen molar-refractivity contribution in [2.75, 3.05) is 13.1 Å². The highest BCUT2D eigenvalue weighted by molar-refractivity contribution is 8.02. The highest BCUT2D eigenvalue weighted by Crippen LogP contribution is 2.26. The minimum atomic E-state index is -0.152. The summed E-state index contributed by atoms with van der Waals surface area (Å²) in [4.78, 5) is 14.8. The summed E-state index contributed by atoms with van der Waals surface area (Å²) in [6, 6.07) is 10.7. The maximum atomic E-state index is 12.4. The van der Waals surface area contributed by atoms with Crippen molar-refractivity contribution < 1.29 is 4.79 Å². The lowest BCUT2D eigenvalue weighted by atomic mass is 10.2. The van der Waals surface area contributed by atoms with E-state index in [0.29, 0.717) is 0 Å². The molecule has 1 saturated heterocycles. The molecule has 2 heterocycles. The molecule has 0 aliphatic carbocycles. The van der Waals surface area contributed by atoms with E-state index >= 15 is 0 Å². The molecule has 0 saturated carbocycles. The molecule has 0 bridgehead atoms. The predicted molar refractivity (Wildman–Crippen MR) is 98.2 cm³/mol. The van der Waals surface area contributed by atoms with E-state index in [1.54, 1.807) is 0 Å². The van der Waals surface area contributed by atoms with E-state index in [0.717, 1.165) is 35.4 Å². The van der Waals surface area contributed by atoms with Crippen LogP contribution in [0.5, 0.6) is 0 Å². The van der Waals surface area contributed by atoms with E-state index < -0.39 is 0 Å². The SMILES string of the molecule is Cc1nnc(SC(C)C(=O)NC2CCN(Cc3ccccc3)C2)s1. The largest absolute Gasteiger partial charge is 0.351 e. The fourth-order valence-electron chi connectivity index (χ4n) is 2.79.